The molecule has 0 saturated carbocycles. The Labute approximate surface area is 177 Å². The van der Waals surface area contributed by atoms with Crippen LogP contribution < -0.4 is 0 Å². The van der Waals surface area contributed by atoms with Gasteiger partial charge in [0, 0.05) is 43.4 Å². The van der Waals surface area contributed by atoms with Crippen LogP contribution in [0.5, 0.6) is 0 Å². The number of hydrogen-bond donors (Lipinski definition) is 0. The fourth-order valence-corrected chi connectivity index (χ4v) is 4.85. The van der Waals surface area contributed by atoms with E-state index in [0.29, 0.717) is 5.56 Å². The molecule has 0 radical (unpaired) electrons. The van der Waals surface area contributed by atoms with E-state index >= 15 is 0 Å². The van der Waals surface area contributed by atoms with Crippen molar-refractivity contribution in [1.29, 1.82) is 0 Å². The molecule has 0 unspecified atom stereocenters. The van der Waals surface area contributed by atoms with Crippen LogP contribution in [0, 0.1) is 17.0 Å². The lowest BCUT2D eigenvalue weighted by Gasteiger charge is -2.34. The van der Waals surface area contributed by atoms with E-state index in [4.69, 9.17) is 23.2 Å². The highest BCUT2D eigenvalue weighted by Crippen LogP contribution is 2.27. The van der Waals surface area contributed by atoms with E-state index in [1.165, 1.54) is 45.6 Å². The lowest BCUT2D eigenvalue weighted by atomic mass is 10.1. The van der Waals surface area contributed by atoms with Crippen molar-refractivity contribution in [1.82, 2.24) is 9.21 Å². The largest absolute Gasteiger partial charge is 0.336 e. The van der Waals surface area contributed by atoms with E-state index < -0.39 is 14.9 Å². The van der Waals surface area contributed by atoms with E-state index in [-0.39, 0.29) is 58.3 Å². The first-order valence-electron chi connectivity index (χ1n) is 8.61. The van der Waals surface area contributed by atoms with Gasteiger partial charge < -0.3 is 4.90 Å². The Kier molecular flexibility index (Phi) is 6.13. The average Bonchev–Trinajstić information content (AvgIpc) is 2.69. The number of rotatable bonds is 4. The molecule has 1 saturated heterocycles. The van der Waals surface area contributed by atoms with Crippen molar-refractivity contribution in [2.45, 2.75) is 11.8 Å². The van der Waals surface area contributed by atoms with Crippen LogP contribution in [0.4, 0.5) is 5.69 Å². The zero-order valence-electron chi connectivity index (χ0n) is 15.3. The first kappa shape index (κ1) is 21.5. The van der Waals surface area contributed by atoms with E-state index in [0.717, 1.165) is 0 Å². The monoisotopic (exact) mass is 457 g/mol. The fraction of sp³-hybridized carbons (Fsp3) is 0.278. The van der Waals surface area contributed by atoms with Gasteiger partial charge in [0.2, 0.25) is 10.0 Å². The van der Waals surface area contributed by atoms with Crippen LogP contribution in [0.25, 0.3) is 0 Å². The summed E-state index contributed by atoms with van der Waals surface area (Å²) >= 11 is 11.8. The molecule has 2 aromatic rings. The predicted octanol–water partition coefficient (Wildman–Crippen LogP) is 3.36. The molecule has 0 aromatic heterocycles. The van der Waals surface area contributed by atoms with Crippen LogP contribution in [-0.2, 0) is 10.0 Å². The van der Waals surface area contributed by atoms with Gasteiger partial charge in [-0.25, -0.2) is 8.42 Å². The summed E-state index contributed by atoms with van der Waals surface area (Å²) in [5.41, 5.74) is 0.531. The van der Waals surface area contributed by atoms with Gasteiger partial charge in [-0.1, -0.05) is 29.3 Å². The van der Waals surface area contributed by atoms with Gasteiger partial charge in [0.25, 0.3) is 11.6 Å². The summed E-state index contributed by atoms with van der Waals surface area (Å²) in [5.74, 6) is -0.375. The van der Waals surface area contributed by atoms with Crippen LogP contribution in [0.3, 0.4) is 0 Å². The highest BCUT2D eigenvalue weighted by molar-refractivity contribution is 7.89. The van der Waals surface area contributed by atoms with Crippen LogP contribution in [0.2, 0.25) is 10.0 Å². The molecule has 0 aliphatic carbocycles. The number of sulfonamides is 1. The summed E-state index contributed by atoms with van der Waals surface area (Å²) in [6.07, 6.45) is 0. The molecule has 11 heteroatoms. The average molecular weight is 458 g/mol. The zero-order valence-corrected chi connectivity index (χ0v) is 17.7. The Morgan fingerprint density at radius 1 is 1.03 bits per heavy atom. The van der Waals surface area contributed by atoms with Crippen molar-refractivity contribution in [2.75, 3.05) is 26.2 Å². The number of amides is 1. The molecular formula is C18H17Cl2N3O5S. The predicted molar refractivity (Wildman–Crippen MR) is 109 cm³/mol. The molecule has 1 aliphatic rings. The maximum atomic E-state index is 12.8. The van der Waals surface area contributed by atoms with Gasteiger partial charge in [-0.15, -0.1) is 0 Å². The summed E-state index contributed by atoms with van der Waals surface area (Å²) in [6.45, 7) is 2.13. The molecule has 0 bridgehead atoms. The molecule has 1 fully saturated rings. The van der Waals surface area contributed by atoms with Gasteiger partial charge in [-0.3, -0.25) is 14.9 Å². The minimum Gasteiger partial charge on any atom is -0.336 e. The van der Waals surface area contributed by atoms with Crippen LogP contribution >= 0.6 is 23.2 Å². The molecule has 2 aromatic carbocycles. The number of carbonyl (C=O) groups is 1. The van der Waals surface area contributed by atoms with Crippen molar-refractivity contribution >= 4 is 44.8 Å². The zero-order chi connectivity index (χ0) is 21.3. The highest BCUT2D eigenvalue weighted by atomic mass is 35.5. The standard InChI is InChI=1S/C18H17Cl2N3O5S/c1-12-2-3-13(10-17(12)23(25)26)18(24)21-6-8-22(9-7-21)29(27,28)14-4-5-15(19)16(20)11-14/h2-5,10-11H,6-9H2,1H3. The smallest absolute Gasteiger partial charge is 0.273 e. The maximum Gasteiger partial charge on any atom is 0.273 e. The second kappa shape index (κ2) is 8.27. The lowest BCUT2D eigenvalue weighted by molar-refractivity contribution is -0.385. The van der Waals surface area contributed by atoms with Crippen molar-refractivity contribution in [3.63, 3.8) is 0 Å². The minimum atomic E-state index is -3.78. The second-order valence-electron chi connectivity index (χ2n) is 6.53. The fourth-order valence-electron chi connectivity index (χ4n) is 3.04. The first-order valence-corrected chi connectivity index (χ1v) is 10.8. The summed E-state index contributed by atoms with van der Waals surface area (Å²) in [5, 5.41) is 11.5. The van der Waals surface area contributed by atoms with E-state index in [2.05, 4.69) is 0 Å². The number of carbonyl (C=O) groups excluding carboxylic acids is 1. The van der Waals surface area contributed by atoms with Gasteiger partial charge in [0.05, 0.1) is 19.9 Å². The summed E-state index contributed by atoms with van der Waals surface area (Å²) in [6, 6.07) is 8.39. The molecule has 8 nitrogen and oxygen atoms in total. The number of nitro groups is 1. The Morgan fingerprint density at radius 2 is 1.69 bits per heavy atom. The van der Waals surface area contributed by atoms with Crippen molar-refractivity contribution in [3.8, 4) is 0 Å². The third-order valence-corrected chi connectivity index (χ3v) is 7.34. The number of nitro benzene ring substituents is 1. The molecule has 154 valence electrons. The molecule has 0 N–H and O–H groups in total. The number of halogens is 2. The molecular weight excluding hydrogens is 441 g/mol. The molecule has 1 amide bonds. The van der Waals surface area contributed by atoms with Crippen LogP contribution in [-0.4, -0.2) is 54.6 Å². The molecule has 0 atom stereocenters. The van der Waals surface area contributed by atoms with Gasteiger partial charge in [0.1, 0.15) is 0 Å². The van der Waals surface area contributed by atoms with Crippen molar-refractivity contribution in [2.24, 2.45) is 0 Å². The summed E-state index contributed by atoms with van der Waals surface area (Å²) in [7, 11) is -3.78. The Balaban J connectivity index is 1.73. The topological polar surface area (TPSA) is 101 Å². The van der Waals surface area contributed by atoms with Crippen LogP contribution in [0.1, 0.15) is 15.9 Å². The molecule has 1 heterocycles. The molecule has 0 spiro atoms. The van der Waals surface area contributed by atoms with Gasteiger partial charge >= 0.3 is 0 Å². The second-order valence-corrected chi connectivity index (χ2v) is 9.28. The van der Waals surface area contributed by atoms with Gasteiger partial charge in [-0.2, -0.15) is 4.31 Å². The number of nitrogens with zero attached hydrogens (tertiary/aromatic N) is 3. The number of benzene rings is 2. The minimum absolute atomic E-state index is 0.0286. The van der Waals surface area contributed by atoms with Crippen molar-refractivity contribution < 1.29 is 18.1 Å². The molecule has 3 rings (SSSR count). The first-order chi connectivity index (χ1) is 13.6. The van der Waals surface area contributed by atoms with E-state index in [9.17, 15) is 23.3 Å². The number of hydrogen-bond acceptors (Lipinski definition) is 5. The normalized spacial score (nSPS) is 15.3. The third kappa shape index (κ3) is 4.37. The summed E-state index contributed by atoms with van der Waals surface area (Å²) < 4.78 is 26.9. The maximum absolute atomic E-state index is 12.8. The Hall–Kier alpha value is -2.20. The number of piperazine rings is 1. The SMILES string of the molecule is Cc1ccc(C(=O)N2CCN(S(=O)(=O)c3ccc(Cl)c(Cl)c3)CC2)cc1[N+](=O)[O-]. The Bertz CT molecular complexity index is 1080. The van der Waals surface area contributed by atoms with Gasteiger partial charge in [0.15, 0.2) is 0 Å². The van der Waals surface area contributed by atoms with Crippen LogP contribution in [0.15, 0.2) is 41.3 Å². The Morgan fingerprint density at radius 3 is 2.28 bits per heavy atom. The summed E-state index contributed by atoms with van der Waals surface area (Å²) in [4.78, 5) is 24.8. The van der Waals surface area contributed by atoms with E-state index in [1.54, 1.807) is 6.92 Å². The molecule has 1 aliphatic heterocycles. The highest BCUT2D eigenvalue weighted by Gasteiger charge is 2.31. The van der Waals surface area contributed by atoms with Gasteiger partial charge in [-0.05, 0) is 31.2 Å². The van der Waals surface area contributed by atoms with Crippen molar-refractivity contribution in [3.05, 3.63) is 67.7 Å². The number of aryl methyl sites for hydroxylation is 1. The van der Waals surface area contributed by atoms with E-state index in [1.807, 2.05) is 0 Å². The quantitative estimate of drug-likeness (QED) is 0.517. The molecule has 29 heavy (non-hydrogen) atoms. The third-order valence-electron chi connectivity index (χ3n) is 4.71. The lowest BCUT2D eigenvalue weighted by Crippen LogP contribution is -2.50.